The molecule has 6 nitrogen and oxygen atoms in total. The number of hydrogen-bond donors (Lipinski definition) is 2. The lowest BCUT2D eigenvalue weighted by Crippen LogP contribution is -2.36. The molecule has 0 unspecified atom stereocenters. The summed E-state index contributed by atoms with van der Waals surface area (Å²) in [4.78, 5) is 26.4. The van der Waals surface area contributed by atoms with Gasteiger partial charge in [0, 0.05) is 19.1 Å². The number of aromatic amines is 1. The minimum atomic E-state index is -1.32. The summed E-state index contributed by atoms with van der Waals surface area (Å²) in [6.07, 6.45) is 2.27. The van der Waals surface area contributed by atoms with Crippen molar-refractivity contribution in [1.82, 2.24) is 14.5 Å². The van der Waals surface area contributed by atoms with Crippen molar-refractivity contribution in [3.63, 3.8) is 0 Å². The smallest absolute Gasteiger partial charge is 0.331 e. The number of nitrogens with zero attached hydrogens (tertiary/aromatic N) is 2. The van der Waals surface area contributed by atoms with Crippen molar-refractivity contribution in [2.75, 3.05) is 13.1 Å². The van der Waals surface area contributed by atoms with Crippen LogP contribution in [0.25, 0.3) is 0 Å². The number of hydrogen-bond acceptors (Lipinski definition) is 4. The van der Waals surface area contributed by atoms with Crippen LogP contribution in [0.1, 0.15) is 19.8 Å². The molecule has 1 saturated carbocycles. The first-order valence-electron chi connectivity index (χ1n) is 6.00. The van der Waals surface area contributed by atoms with Crippen molar-refractivity contribution in [3.8, 4) is 5.88 Å². The van der Waals surface area contributed by atoms with Crippen molar-refractivity contribution >= 4 is 0 Å². The van der Waals surface area contributed by atoms with Gasteiger partial charge in [-0.3, -0.25) is 19.2 Å². The summed E-state index contributed by atoms with van der Waals surface area (Å²) in [5, 5.41) is 9.45. The molecule has 18 heavy (non-hydrogen) atoms. The van der Waals surface area contributed by atoms with E-state index < -0.39 is 22.9 Å². The Morgan fingerprint density at radius 3 is 2.72 bits per heavy atom. The van der Waals surface area contributed by atoms with Gasteiger partial charge in [0.05, 0.1) is 0 Å². The average molecular weight is 257 g/mol. The van der Waals surface area contributed by atoms with Crippen LogP contribution in [0.5, 0.6) is 5.88 Å². The van der Waals surface area contributed by atoms with Crippen molar-refractivity contribution in [2.45, 2.75) is 32.4 Å². The topological polar surface area (TPSA) is 78.3 Å². The fourth-order valence-corrected chi connectivity index (χ4v) is 2.01. The highest BCUT2D eigenvalue weighted by Crippen LogP contribution is 2.26. The number of likely N-dealkylation sites (N-methyl/N-ethyl adjacent to an activating group) is 1. The molecule has 2 rings (SSSR count). The number of rotatable bonds is 5. The number of aromatic hydroxyl groups is 1. The molecule has 0 saturated heterocycles. The zero-order valence-electron chi connectivity index (χ0n) is 10.1. The number of H-pyrrole nitrogens is 1. The third-order valence-electron chi connectivity index (χ3n) is 3.20. The van der Waals surface area contributed by atoms with Gasteiger partial charge in [-0.2, -0.15) is 4.39 Å². The summed E-state index contributed by atoms with van der Waals surface area (Å²) in [6.45, 7) is 3.54. The fourth-order valence-electron chi connectivity index (χ4n) is 2.01. The number of nitrogens with one attached hydrogen (secondary N) is 1. The molecular weight excluding hydrogens is 241 g/mol. The van der Waals surface area contributed by atoms with E-state index in [1.807, 2.05) is 11.9 Å². The van der Waals surface area contributed by atoms with Gasteiger partial charge in [-0.15, -0.1) is 0 Å². The summed E-state index contributed by atoms with van der Waals surface area (Å²) < 4.78 is 14.0. The zero-order chi connectivity index (χ0) is 13.3. The molecule has 0 aromatic carbocycles. The first-order chi connectivity index (χ1) is 8.54. The lowest BCUT2D eigenvalue weighted by Gasteiger charge is -2.20. The Balaban J connectivity index is 2.16. The third-order valence-corrected chi connectivity index (χ3v) is 3.20. The molecule has 7 heteroatoms. The van der Waals surface area contributed by atoms with E-state index in [2.05, 4.69) is 4.90 Å². The summed E-state index contributed by atoms with van der Waals surface area (Å²) in [7, 11) is 0. The first-order valence-corrected chi connectivity index (χ1v) is 6.00. The van der Waals surface area contributed by atoms with Crippen molar-refractivity contribution in [1.29, 1.82) is 0 Å². The lowest BCUT2D eigenvalue weighted by atomic mass is 10.4. The number of halogens is 1. The Morgan fingerprint density at radius 1 is 1.50 bits per heavy atom. The molecule has 2 N–H and O–H groups in total. The molecule has 0 spiro atoms. The maximum atomic E-state index is 13.2. The second-order valence-electron chi connectivity index (χ2n) is 4.41. The van der Waals surface area contributed by atoms with Crippen LogP contribution in [0.15, 0.2) is 9.59 Å². The monoisotopic (exact) mass is 257 g/mol. The van der Waals surface area contributed by atoms with Crippen LogP contribution >= 0.6 is 0 Å². The SMILES string of the molecule is CCN(CCn1c(O)c(F)c(=O)[nH]c1=O)C1CC1. The van der Waals surface area contributed by atoms with E-state index in [4.69, 9.17) is 0 Å². The average Bonchev–Trinajstić information content (AvgIpc) is 3.15. The quantitative estimate of drug-likeness (QED) is 0.770. The maximum Gasteiger partial charge on any atom is 0.331 e. The second kappa shape index (κ2) is 4.93. The Labute approximate surface area is 103 Å². The van der Waals surface area contributed by atoms with Crippen molar-refractivity contribution in [3.05, 3.63) is 26.7 Å². The Morgan fingerprint density at radius 2 is 2.17 bits per heavy atom. The van der Waals surface area contributed by atoms with Crippen molar-refractivity contribution < 1.29 is 9.50 Å². The van der Waals surface area contributed by atoms with Gasteiger partial charge in [0.1, 0.15) is 0 Å². The summed E-state index contributed by atoms with van der Waals surface area (Å²) >= 11 is 0. The largest absolute Gasteiger partial charge is 0.492 e. The summed E-state index contributed by atoms with van der Waals surface area (Å²) in [5.74, 6) is -2.21. The Kier molecular flexibility index (Phi) is 3.51. The van der Waals surface area contributed by atoms with E-state index in [0.717, 1.165) is 24.0 Å². The van der Waals surface area contributed by atoms with Crippen LogP contribution in [0.3, 0.4) is 0 Å². The lowest BCUT2D eigenvalue weighted by molar-refractivity contribution is 0.253. The van der Waals surface area contributed by atoms with Gasteiger partial charge in [0.2, 0.25) is 11.7 Å². The molecule has 1 heterocycles. The van der Waals surface area contributed by atoms with Crippen LogP contribution in [0, 0.1) is 5.82 Å². The molecule has 100 valence electrons. The molecule has 1 fully saturated rings. The van der Waals surface area contributed by atoms with Crippen LogP contribution in [-0.4, -0.2) is 38.7 Å². The van der Waals surface area contributed by atoms with E-state index >= 15 is 0 Å². The van der Waals surface area contributed by atoms with Gasteiger partial charge in [-0.05, 0) is 19.4 Å². The van der Waals surface area contributed by atoms with Crippen molar-refractivity contribution in [2.24, 2.45) is 0 Å². The fraction of sp³-hybridized carbons (Fsp3) is 0.636. The van der Waals surface area contributed by atoms with Gasteiger partial charge in [0.15, 0.2) is 0 Å². The molecule has 1 aromatic heterocycles. The van der Waals surface area contributed by atoms with Crippen LogP contribution in [0.2, 0.25) is 0 Å². The van der Waals surface area contributed by atoms with E-state index in [-0.39, 0.29) is 6.54 Å². The predicted octanol–water partition coefficient (Wildman–Crippen LogP) is -0.134. The summed E-state index contributed by atoms with van der Waals surface area (Å²) in [5.41, 5.74) is -1.98. The molecule has 0 amide bonds. The van der Waals surface area contributed by atoms with Crippen LogP contribution in [0.4, 0.5) is 4.39 Å². The highest BCUT2D eigenvalue weighted by atomic mass is 19.1. The third kappa shape index (κ3) is 2.45. The second-order valence-corrected chi connectivity index (χ2v) is 4.41. The van der Waals surface area contributed by atoms with E-state index in [0.29, 0.717) is 12.6 Å². The summed E-state index contributed by atoms with van der Waals surface area (Å²) in [6, 6.07) is 0.528. The van der Waals surface area contributed by atoms with E-state index in [1.165, 1.54) is 0 Å². The van der Waals surface area contributed by atoms with Gasteiger partial charge in [-0.25, -0.2) is 4.79 Å². The Hall–Kier alpha value is -1.63. The molecule has 0 radical (unpaired) electrons. The standard InChI is InChI=1S/C11H16FN3O3/c1-2-14(7-3-4-7)5-6-15-10(17)8(12)9(16)13-11(15)18/h7,17H,2-6H2,1H3,(H,13,16,18). The molecular formula is C11H16FN3O3. The first kappa shape index (κ1) is 12.8. The minimum Gasteiger partial charge on any atom is -0.492 e. The minimum absolute atomic E-state index is 0.155. The molecule has 0 aliphatic heterocycles. The highest BCUT2D eigenvalue weighted by molar-refractivity contribution is 5.09. The van der Waals surface area contributed by atoms with Crippen LogP contribution < -0.4 is 11.2 Å². The number of aromatic nitrogens is 2. The highest BCUT2D eigenvalue weighted by Gasteiger charge is 2.27. The molecule has 0 bridgehead atoms. The maximum absolute atomic E-state index is 13.2. The predicted molar refractivity (Wildman–Crippen MR) is 63.2 cm³/mol. The van der Waals surface area contributed by atoms with E-state index in [9.17, 15) is 19.1 Å². The molecule has 1 aromatic rings. The van der Waals surface area contributed by atoms with Gasteiger partial charge < -0.3 is 5.11 Å². The van der Waals surface area contributed by atoms with Gasteiger partial charge >= 0.3 is 5.69 Å². The molecule has 0 atom stereocenters. The van der Waals surface area contributed by atoms with Gasteiger partial charge in [0.25, 0.3) is 5.56 Å². The van der Waals surface area contributed by atoms with Gasteiger partial charge in [-0.1, -0.05) is 6.92 Å². The molecule has 1 aliphatic carbocycles. The normalized spacial score (nSPS) is 15.3. The Bertz CT molecular complexity index is 547. The van der Waals surface area contributed by atoms with E-state index in [1.54, 1.807) is 0 Å². The zero-order valence-corrected chi connectivity index (χ0v) is 10.1. The van der Waals surface area contributed by atoms with Crippen LogP contribution in [-0.2, 0) is 6.54 Å². The molecule has 1 aliphatic rings.